The lowest BCUT2D eigenvalue weighted by Gasteiger charge is -2.16. The minimum atomic E-state index is -5.01. The number of alkyl halides is 3. The Bertz CT molecular complexity index is 1500. The monoisotopic (exact) mass is 531 g/mol. The van der Waals surface area contributed by atoms with E-state index in [9.17, 15) is 22.8 Å². The van der Waals surface area contributed by atoms with Gasteiger partial charge in [0.15, 0.2) is 6.61 Å². The molecule has 192 valence electrons. The maximum atomic E-state index is 13.9. The van der Waals surface area contributed by atoms with Gasteiger partial charge in [0.2, 0.25) is 11.2 Å². The van der Waals surface area contributed by atoms with Crippen LogP contribution in [0.15, 0.2) is 75.9 Å². The zero-order chi connectivity index (χ0) is 26.7. The first-order valence-corrected chi connectivity index (χ1v) is 11.5. The second kappa shape index (κ2) is 10.6. The Balaban J connectivity index is 1.63. The highest BCUT2D eigenvalue weighted by Crippen LogP contribution is 2.40. The molecule has 4 aromatic rings. The molecule has 1 amide bonds. The zero-order valence-corrected chi connectivity index (χ0v) is 20.4. The first kappa shape index (κ1) is 26.1. The Hall–Kier alpha value is -3.98. The molecule has 1 aromatic heterocycles. The van der Waals surface area contributed by atoms with Crippen molar-refractivity contribution in [2.75, 3.05) is 11.9 Å². The Kier molecular flexibility index (Phi) is 7.45. The van der Waals surface area contributed by atoms with E-state index >= 15 is 0 Å². The molecule has 1 heterocycles. The fourth-order valence-electron chi connectivity index (χ4n) is 3.57. The average Bonchev–Trinajstić information content (AvgIpc) is 2.85. The van der Waals surface area contributed by atoms with E-state index in [0.29, 0.717) is 16.3 Å². The highest BCUT2D eigenvalue weighted by atomic mass is 35.5. The van der Waals surface area contributed by atoms with Crippen LogP contribution in [0.4, 0.5) is 18.9 Å². The summed E-state index contributed by atoms with van der Waals surface area (Å²) < 4.78 is 57.7. The summed E-state index contributed by atoms with van der Waals surface area (Å²) in [6, 6.07) is 16.7. The number of carbonyl (C=O) groups excluding carboxylic acids is 1. The van der Waals surface area contributed by atoms with Gasteiger partial charge in [0.1, 0.15) is 17.1 Å². The fraction of sp³-hybridized carbons (Fsp3) is 0.185. The summed E-state index contributed by atoms with van der Waals surface area (Å²) in [4.78, 5) is 25.2. The number of hydrogen-bond acceptors (Lipinski definition) is 5. The third kappa shape index (κ3) is 6.06. The first-order valence-electron chi connectivity index (χ1n) is 11.2. The van der Waals surface area contributed by atoms with Crippen molar-refractivity contribution in [2.45, 2.75) is 25.9 Å². The van der Waals surface area contributed by atoms with Gasteiger partial charge in [-0.3, -0.25) is 9.59 Å². The standard InChI is InChI=1S/C27H21ClF3NO5/c1-15(2)19-5-3-4-6-21(19)36-25-24(34)20-12-11-18(13-22(20)37-26(25)27(29,30)31)35-14-23(33)32-17-9-7-16(28)8-10-17/h3-13,15H,14H2,1-2H3,(H,32,33). The number of nitrogens with one attached hydrogen (secondary N) is 1. The van der Waals surface area contributed by atoms with Crippen molar-refractivity contribution in [3.05, 3.63) is 93.3 Å². The minimum Gasteiger partial charge on any atom is -0.484 e. The molecule has 0 atom stereocenters. The predicted molar refractivity (Wildman–Crippen MR) is 134 cm³/mol. The van der Waals surface area contributed by atoms with Gasteiger partial charge < -0.3 is 19.2 Å². The number of para-hydroxylation sites is 1. The molecule has 4 rings (SSSR count). The second-order valence-electron chi connectivity index (χ2n) is 8.38. The molecule has 1 N–H and O–H groups in total. The maximum Gasteiger partial charge on any atom is 0.453 e. The number of carbonyl (C=O) groups is 1. The van der Waals surface area contributed by atoms with Crippen LogP contribution in [0.5, 0.6) is 17.2 Å². The number of rotatable bonds is 7. The number of fused-ring (bicyclic) bond motifs is 1. The van der Waals surface area contributed by atoms with Crippen LogP contribution in [0.3, 0.4) is 0 Å². The SMILES string of the molecule is CC(C)c1ccccc1Oc1c(C(F)(F)F)oc2cc(OCC(=O)Nc3ccc(Cl)cc3)ccc2c1=O. The number of amides is 1. The molecule has 6 nitrogen and oxygen atoms in total. The molecule has 0 saturated carbocycles. The van der Waals surface area contributed by atoms with E-state index in [1.165, 1.54) is 18.2 Å². The Morgan fingerprint density at radius 2 is 1.76 bits per heavy atom. The summed E-state index contributed by atoms with van der Waals surface area (Å²) in [5, 5.41) is 2.96. The molecule has 0 spiro atoms. The fourth-order valence-corrected chi connectivity index (χ4v) is 3.69. The van der Waals surface area contributed by atoms with E-state index in [1.807, 2.05) is 13.8 Å². The highest BCUT2D eigenvalue weighted by Gasteiger charge is 2.40. The summed E-state index contributed by atoms with van der Waals surface area (Å²) >= 11 is 5.81. The Morgan fingerprint density at radius 3 is 2.43 bits per heavy atom. The van der Waals surface area contributed by atoms with Gasteiger partial charge in [0.25, 0.3) is 11.7 Å². The van der Waals surface area contributed by atoms with Crippen molar-refractivity contribution in [1.29, 1.82) is 0 Å². The molecule has 37 heavy (non-hydrogen) atoms. The molecule has 0 aliphatic heterocycles. The summed E-state index contributed by atoms with van der Waals surface area (Å²) in [5.41, 5.74) is -0.226. The molecular weight excluding hydrogens is 511 g/mol. The molecule has 3 aromatic carbocycles. The quantitative estimate of drug-likeness (QED) is 0.269. The van der Waals surface area contributed by atoms with Crippen LogP contribution in [0.25, 0.3) is 11.0 Å². The van der Waals surface area contributed by atoms with Crippen molar-refractivity contribution in [3.63, 3.8) is 0 Å². The van der Waals surface area contributed by atoms with Gasteiger partial charge in [-0.05, 0) is 53.9 Å². The second-order valence-corrected chi connectivity index (χ2v) is 8.82. The third-order valence-electron chi connectivity index (χ3n) is 5.33. The zero-order valence-electron chi connectivity index (χ0n) is 19.7. The van der Waals surface area contributed by atoms with Gasteiger partial charge in [0, 0.05) is 16.8 Å². The normalized spacial score (nSPS) is 11.5. The van der Waals surface area contributed by atoms with E-state index in [-0.39, 0.29) is 28.4 Å². The summed E-state index contributed by atoms with van der Waals surface area (Å²) in [7, 11) is 0. The summed E-state index contributed by atoms with van der Waals surface area (Å²) in [6.45, 7) is 3.28. The van der Waals surface area contributed by atoms with Crippen LogP contribution < -0.4 is 20.2 Å². The number of halogens is 4. The first-order chi connectivity index (χ1) is 17.5. The largest absolute Gasteiger partial charge is 0.484 e. The predicted octanol–water partition coefficient (Wildman–Crippen LogP) is 7.40. The Labute approximate surface area is 214 Å². The van der Waals surface area contributed by atoms with Crippen molar-refractivity contribution in [1.82, 2.24) is 0 Å². The lowest BCUT2D eigenvalue weighted by Crippen LogP contribution is -2.20. The maximum absolute atomic E-state index is 13.9. The van der Waals surface area contributed by atoms with Gasteiger partial charge in [-0.25, -0.2) is 0 Å². The van der Waals surface area contributed by atoms with E-state index in [0.717, 1.165) is 6.07 Å². The van der Waals surface area contributed by atoms with Crippen LogP contribution in [-0.4, -0.2) is 12.5 Å². The van der Waals surface area contributed by atoms with Crippen molar-refractivity contribution in [3.8, 4) is 17.2 Å². The summed E-state index contributed by atoms with van der Waals surface area (Å²) in [5.74, 6) is -2.93. The van der Waals surface area contributed by atoms with Gasteiger partial charge in [-0.1, -0.05) is 43.6 Å². The van der Waals surface area contributed by atoms with Gasteiger partial charge >= 0.3 is 6.18 Å². The molecule has 0 aliphatic carbocycles. The van der Waals surface area contributed by atoms with Gasteiger partial charge in [-0.15, -0.1) is 0 Å². The third-order valence-corrected chi connectivity index (χ3v) is 5.58. The van der Waals surface area contributed by atoms with Crippen molar-refractivity contribution in [2.24, 2.45) is 0 Å². The highest BCUT2D eigenvalue weighted by molar-refractivity contribution is 6.30. The Morgan fingerprint density at radius 1 is 1.05 bits per heavy atom. The topological polar surface area (TPSA) is 77.8 Å². The van der Waals surface area contributed by atoms with Crippen LogP contribution in [0.2, 0.25) is 5.02 Å². The van der Waals surface area contributed by atoms with Crippen LogP contribution in [-0.2, 0) is 11.0 Å². The number of benzene rings is 3. The minimum absolute atomic E-state index is 0.0360. The molecule has 10 heteroatoms. The van der Waals surface area contributed by atoms with E-state index in [4.69, 9.17) is 25.5 Å². The average molecular weight is 532 g/mol. The van der Waals surface area contributed by atoms with Crippen molar-refractivity contribution < 1.29 is 31.9 Å². The molecule has 0 fully saturated rings. The van der Waals surface area contributed by atoms with Gasteiger partial charge in [0.05, 0.1) is 5.39 Å². The van der Waals surface area contributed by atoms with E-state index in [2.05, 4.69) is 5.32 Å². The van der Waals surface area contributed by atoms with E-state index in [1.54, 1.807) is 42.5 Å². The lowest BCUT2D eigenvalue weighted by molar-refractivity contribution is -0.154. The number of anilines is 1. The van der Waals surface area contributed by atoms with Crippen LogP contribution in [0.1, 0.15) is 31.1 Å². The van der Waals surface area contributed by atoms with Gasteiger partial charge in [-0.2, -0.15) is 13.2 Å². The summed E-state index contributed by atoms with van der Waals surface area (Å²) in [6.07, 6.45) is -5.01. The molecular formula is C27H21ClF3NO5. The molecule has 0 unspecified atom stereocenters. The van der Waals surface area contributed by atoms with Crippen LogP contribution >= 0.6 is 11.6 Å². The van der Waals surface area contributed by atoms with Crippen LogP contribution in [0, 0.1) is 0 Å². The lowest BCUT2D eigenvalue weighted by atomic mass is 10.0. The number of ether oxygens (including phenoxy) is 2. The number of hydrogen-bond donors (Lipinski definition) is 1. The molecule has 0 aliphatic rings. The smallest absolute Gasteiger partial charge is 0.453 e. The molecule has 0 bridgehead atoms. The molecule has 0 saturated heterocycles. The van der Waals surface area contributed by atoms with E-state index < -0.39 is 35.6 Å². The van der Waals surface area contributed by atoms with Crippen molar-refractivity contribution >= 4 is 34.2 Å². The molecule has 0 radical (unpaired) electrons.